The molecule has 2 aromatic rings. The highest BCUT2D eigenvalue weighted by atomic mass is 16.1. The molecule has 4 nitrogen and oxygen atoms in total. The number of pyridine rings is 2. The fraction of sp³-hybridized carbons (Fsp3) is 0.214. The lowest BCUT2D eigenvalue weighted by molar-refractivity contribution is -0.115. The molecule has 0 unspecified atom stereocenters. The van der Waals surface area contributed by atoms with Crippen LogP contribution in [0.4, 0.5) is 5.69 Å². The molecule has 0 aliphatic carbocycles. The first-order chi connectivity index (χ1) is 8.65. The van der Waals surface area contributed by atoms with Crippen LogP contribution in [-0.2, 0) is 11.2 Å². The van der Waals surface area contributed by atoms with Crippen LogP contribution in [-0.4, -0.2) is 15.9 Å². The summed E-state index contributed by atoms with van der Waals surface area (Å²) in [6.07, 6.45) is 2.03. The van der Waals surface area contributed by atoms with E-state index in [0.29, 0.717) is 6.42 Å². The maximum absolute atomic E-state index is 11.9. The number of carbonyl (C=O) groups is 1. The van der Waals surface area contributed by atoms with E-state index in [1.807, 2.05) is 32.0 Å². The molecule has 1 aliphatic rings. The smallest absolute Gasteiger partial charge is 0.230 e. The molecule has 0 fully saturated rings. The number of rotatable bonds is 0. The fourth-order valence-corrected chi connectivity index (χ4v) is 2.42. The highest BCUT2D eigenvalue weighted by molar-refractivity contribution is 6.00. The Hall–Kier alpha value is -2.23. The number of nitrogens with one attached hydrogen (secondary N) is 1. The summed E-state index contributed by atoms with van der Waals surface area (Å²) in [6.45, 7) is 3.88. The number of fused-ring (bicyclic) bond motifs is 3. The van der Waals surface area contributed by atoms with Gasteiger partial charge in [-0.25, -0.2) is 0 Å². The van der Waals surface area contributed by atoms with Crippen LogP contribution in [0.25, 0.3) is 11.1 Å². The van der Waals surface area contributed by atoms with Crippen LogP contribution >= 0.6 is 0 Å². The predicted molar refractivity (Wildman–Crippen MR) is 69.3 cm³/mol. The van der Waals surface area contributed by atoms with Crippen molar-refractivity contribution >= 4 is 11.6 Å². The van der Waals surface area contributed by atoms with E-state index in [-0.39, 0.29) is 5.91 Å². The van der Waals surface area contributed by atoms with Crippen LogP contribution in [0.1, 0.15) is 17.1 Å². The van der Waals surface area contributed by atoms with Crippen molar-refractivity contribution < 1.29 is 4.79 Å². The molecule has 0 spiro atoms. The fourth-order valence-electron chi connectivity index (χ4n) is 2.42. The number of aryl methyl sites for hydroxylation is 2. The molecule has 0 bridgehead atoms. The van der Waals surface area contributed by atoms with Crippen molar-refractivity contribution in [1.82, 2.24) is 9.97 Å². The summed E-state index contributed by atoms with van der Waals surface area (Å²) in [6, 6.07) is 5.78. The Morgan fingerprint density at radius 2 is 2.17 bits per heavy atom. The molecule has 0 radical (unpaired) electrons. The molecule has 3 heterocycles. The van der Waals surface area contributed by atoms with Gasteiger partial charge >= 0.3 is 0 Å². The SMILES string of the molecule is Cc1cc2c(c(C)n1)-c1cccnc1CC(=O)N2. The Balaban J connectivity index is 2.35. The molecule has 1 aliphatic heterocycles. The highest BCUT2D eigenvalue weighted by Gasteiger charge is 2.21. The van der Waals surface area contributed by atoms with Gasteiger partial charge in [0.05, 0.1) is 17.8 Å². The maximum atomic E-state index is 11.9. The van der Waals surface area contributed by atoms with E-state index >= 15 is 0 Å². The van der Waals surface area contributed by atoms with Crippen LogP contribution < -0.4 is 5.32 Å². The average Bonchev–Trinajstić information content (AvgIpc) is 2.43. The number of hydrogen-bond donors (Lipinski definition) is 1. The number of anilines is 1. The van der Waals surface area contributed by atoms with E-state index in [1.54, 1.807) is 6.20 Å². The van der Waals surface area contributed by atoms with Crippen molar-refractivity contribution in [2.24, 2.45) is 0 Å². The minimum atomic E-state index is -0.0290. The second-order valence-electron chi connectivity index (χ2n) is 4.49. The Morgan fingerprint density at radius 1 is 1.33 bits per heavy atom. The van der Waals surface area contributed by atoms with Crippen molar-refractivity contribution in [2.75, 3.05) is 5.32 Å². The van der Waals surface area contributed by atoms with Crippen LogP contribution in [0, 0.1) is 13.8 Å². The van der Waals surface area contributed by atoms with Gasteiger partial charge in [0.2, 0.25) is 5.91 Å². The van der Waals surface area contributed by atoms with Gasteiger partial charge in [-0.05, 0) is 26.0 Å². The van der Waals surface area contributed by atoms with Crippen molar-refractivity contribution in [3.05, 3.63) is 41.5 Å². The van der Waals surface area contributed by atoms with Crippen molar-refractivity contribution in [3.63, 3.8) is 0 Å². The van der Waals surface area contributed by atoms with Crippen molar-refractivity contribution in [1.29, 1.82) is 0 Å². The normalized spacial score (nSPS) is 13.3. The van der Waals surface area contributed by atoms with E-state index in [0.717, 1.165) is 33.9 Å². The van der Waals surface area contributed by atoms with E-state index in [9.17, 15) is 4.79 Å². The van der Waals surface area contributed by atoms with E-state index in [1.165, 1.54) is 0 Å². The Labute approximate surface area is 105 Å². The Morgan fingerprint density at radius 3 is 3.00 bits per heavy atom. The molecule has 1 N–H and O–H groups in total. The van der Waals surface area contributed by atoms with Gasteiger partial charge in [-0.3, -0.25) is 14.8 Å². The van der Waals surface area contributed by atoms with Crippen LogP contribution in [0.3, 0.4) is 0 Å². The summed E-state index contributed by atoms with van der Waals surface area (Å²) in [5, 5.41) is 2.93. The van der Waals surface area contributed by atoms with E-state index < -0.39 is 0 Å². The third kappa shape index (κ3) is 1.66. The minimum absolute atomic E-state index is 0.0290. The lowest BCUT2D eigenvalue weighted by Crippen LogP contribution is -2.13. The number of nitrogens with zero attached hydrogens (tertiary/aromatic N) is 2. The Kier molecular flexibility index (Phi) is 2.37. The first-order valence-electron chi connectivity index (χ1n) is 5.87. The van der Waals surface area contributed by atoms with Gasteiger partial charge in [0.1, 0.15) is 0 Å². The summed E-state index contributed by atoms with van der Waals surface area (Å²) in [5.41, 5.74) is 5.44. The van der Waals surface area contributed by atoms with E-state index in [4.69, 9.17) is 0 Å². The molecule has 0 saturated carbocycles. The second-order valence-corrected chi connectivity index (χ2v) is 4.49. The van der Waals surface area contributed by atoms with Crippen LogP contribution in [0.2, 0.25) is 0 Å². The van der Waals surface area contributed by atoms with Crippen LogP contribution in [0.5, 0.6) is 0 Å². The number of amides is 1. The van der Waals surface area contributed by atoms with Gasteiger partial charge in [0, 0.05) is 28.7 Å². The van der Waals surface area contributed by atoms with Crippen LogP contribution in [0.15, 0.2) is 24.4 Å². The Bertz CT molecular complexity index is 649. The molecule has 0 saturated heterocycles. The zero-order chi connectivity index (χ0) is 12.7. The lowest BCUT2D eigenvalue weighted by Gasteiger charge is -2.12. The molecule has 1 amide bonds. The molecule has 0 atom stereocenters. The summed E-state index contributed by atoms with van der Waals surface area (Å²) in [7, 11) is 0. The quantitative estimate of drug-likeness (QED) is 0.767. The monoisotopic (exact) mass is 239 g/mol. The van der Waals surface area contributed by atoms with Gasteiger partial charge in [-0.2, -0.15) is 0 Å². The zero-order valence-electron chi connectivity index (χ0n) is 10.3. The average molecular weight is 239 g/mol. The van der Waals surface area contributed by atoms with E-state index in [2.05, 4.69) is 15.3 Å². The number of carbonyl (C=O) groups excluding carboxylic acids is 1. The second kappa shape index (κ2) is 3.91. The molecular formula is C14H13N3O. The summed E-state index contributed by atoms with van der Waals surface area (Å²) < 4.78 is 0. The van der Waals surface area contributed by atoms with Gasteiger partial charge in [-0.15, -0.1) is 0 Å². The summed E-state index contributed by atoms with van der Waals surface area (Å²) >= 11 is 0. The third-order valence-corrected chi connectivity index (χ3v) is 3.09. The van der Waals surface area contributed by atoms with Gasteiger partial charge < -0.3 is 5.32 Å². The summed E-state index contributed by atoms with van der Waals surface area (Å²) in [5.74, 6) is -0.0290. The molecule has 2 aromatic heterocycles. The highest BCUT2D eigenvalue weighted by Crippen LogP contribution is 2.35. The molecule has 90 valence electrons. The van der Waals surface area contributed by atoms with Crippen molar-refractivity contribution in [3.8, 4) is 11.1 Å². The largest absolute Gasteiger partial charge is 0.325 e. The number of aromatic nitrogens is 2. The van der Waals surface area contributed by atoms with Gasteiger partial charge in [0.15, 0.2) is 0 Å². The molecule has 0 aromatic carbocycles. The predicted octanol–water partition coefficient (Wildman–Crippen LogP) is 2.26. The van der Waals surface area contributed by atoms with Gasteiger partial charge in [-0.1, -0.05) is 6.07 Å². The van der Waals surface area contributed by atoms with Gasteiger partial charge in [0.25, 0.3) is 0 Å². The topological polar surface area (TPSA) is 54.9 Å². The zero-order valence-corrected chi connectivity index (χ0v) is 10.3. The number of hydrogen-bond acceptors (Lipinski definition) is 3. The molecule has 4 heteroatoms. The molecule has 18 heavy (non-hydrogen) atoms. The minimum Gasteiger partial charge on any atom is -0.325 e. The molecular weight excluding hydrogens is 226 g/mol. The first-order valence-corrected chi connectivity index (χ1v) is 5.87. The standard InChI is InChI=1S/C14H13N3O/c1-8-6-12-14(9(2)16-8)10-4-3-5-15-11(10)7-13(18)17-12/h3-6H,7H2,1-2H3,(H,17,18). The molecule has 3 rings (SSSR count). The first kappa shape index (κ1) is 10.9. The third-order valence-electron chi connectivity index (χ3n) is 3.09. The van der Waals surface area contributed by atoms with Crippen molar-refractivity contribution in [2.45, 2.75) is 20.3 Å². The lowest BCUT2D eigenvalue weighted by atomic mass is 10.0. The maximum Gasteiger partial charge on any atom is 0.230 e. The summed E-state index contributed by atoms with van der Waals surface area (Å²) in [4.78, 5) is 20.6.